The van der Waals surface area contributed by atoms with E-state index in [1.165, 1.54) is 0 Å². The van der Waals surface area contributed by atoms with Crippen LogP contribution in [0.4, 0.5) is 0 Å². The maximum atomic E-state index is 4.53. The molecule has 0 amide bonds. The third-order valence-corrected chi connectivity index (χ3v) is 3.04. The molecule has 0 aromatic carbocycles. The first-order valence-electron chi connectivity index (χ1n) is 4.99. The van der Waals surface area contributed by atoms with E-state index in [0.29, 0.717) is 6.04 Å². The maximum absolute atomic E-state index is 4.53. The van der Waals surface area contributed by atoms with Gasteiger partial charge in [0.1, 0.15) is 0 Å². The summed E-state index contributed by atoms with van der Waals surface area (Å²) in [6.45, 7) is 5.16. The summed E-state index contributed by atoms with van der Waals surface area (Å²) >= 11 is 1.62. The van der Waals surface area contributed by atoms with Crippen LogP contribution in [0.15, 0.2) is 17.8 Å². The summed E-state index contributed by atoms with van der Waals surface area (Å²) in [6, 6.07) is 0.301. The molecule has 2 N–H and O–H groups in total. The molecule has 0 saturated heterocycles. The van der Waals surface area contributed by atoms with Crippen molar-refractivity contribution in [3.05, 3.63) is 23.5 Å². The summed E-state index contributed by atoms with van der Waals surface area (Å²) in [5.74, 6) is 0.843. The summed E-state index contributed by atoms with van der Waals surface area (Å²) in [4.78, 5) is 11.8. The number of hydrogen-bond donors (Lipinski definition) is 2. The molecule has 0 aliphatic heterocycles. The molecular formula is C10H14N4S. The average molecular weight is 222 g/mol. The molecule has 0 bridgehead atoms. The van der Waals surface area contributed by atoms with Gasteiger partial charge in [-0.2, -0.15) is 0 Å². The summed E-state index contributed by atoms with van der Waals surface area (Å²) in [5, 5.41) is 6.35. The summed E-state index contributed by atoms with van der Waals surface area (Å²) in [7, 11) is 0. The van der Waals surface area contributed by atoms with E-state index < -0.39 is 0 Å². The van der Waals surface area contributed by atoms with Gasteiger partial charge in [0.25, 0.3) is 0 Å². The van der Waals surface area contributed by atoms with Crippen molar-refractivity contribution in [1.82, 2.24) is 20.3 Å². The lowest BCUT2D eigenvalue weighted by atomic mass is 10.2. The number of H-pyrrole nitrogens is 1. The molecular weight excluding hydrogens is 208 g/mol. The van der Waals surface area contributed by atoms with Crippen molar-refractivity contribution in [2.45, 2.75) is 19.9 Å². The van der Waals surface area contributed by atoms with Crippen LogP contribution in [0.3, 0.4) is 0 Å². The van der Waals surface area contributed by atoms with Crippen LogP contribution in [-0.4, -0.2) is 21.5 Å². The molecule has 80 valence electrons. The quantitative estimate of drug-likeness (QED) is 0.834. The van der Waals surface area contributed by atoms with Gasteiger partial charge in [0.05, 0.1) is 5.69 Å². The number of aromatic amines is 1. The first-order valence-corrected chi connectivity index (χ1v) is 5.87. The first kappa shape index (κ1) is 10.3. The Bertz CT molecular complexity index is 407. The standard InChI is InChI=1S/C10H14N4S/c1-3-11-7(2)8-6-15-10(14-8)9-12-4-5-13-9/h4-7,11H,3H2,1-2H3,(H,12,13). The molecule has 1 atom stereocenters. The molecule has 2 aromatic rings. The van der Waals surface area contributed by atoms with Crippen molar-refractivity contribution in [2.75, 3.05) is 6.54 Å². The lowest BCUT2D eigenvalue weighted by Crippen LogP contribution is -2.17. The molecule has 2 rings (SSSR count). The fourth-order valence-corrected chi connectivity index (χ4v) is 2.26. The van der Waals surface area contributed by atoms with E-state index >= 15 is 0 Å². The molecule has 15 heavy (non-hydrogen) atoms. The van der Waals surface area contributed by atoms with Gasteiger partial charge >= 0.3 is 0 Å². The zero-order valence-corrected chi connectivity index (χ0v) is 9.64. The Morgan fingerprint density at radius 3 is 3.13 bits per heavy atom. The second kappa shape index (κ2) is 4.55. The molecule has 0 radical (unpaired) electrons. The van der Waals surface area contributed by atoms with Crippen molar-refractivity contribution in [3.63, 3.8) is 0 Å². The lowest BCUT2D eigenvalue weighted by molar-refractivity contribution is 0.586. The van der Waals surface area contributed by atoms with Gasteiger partial charge in [-0.1, -0.05) is 6.92 Å². The number of nitrogens with zero attached hydrogens (tertiary/aromatic N) is 2. The minimum Gasteiger partial charge on any atom is -0.343 e. The van der Waals surface area contributed by atoms with E-state index in [-0.39, 0.29) is 0 Å². The van der Waals surface area contributed by atoms with Crippen molar-refractivity contribution in [3.8, 4) is 10.8 Å². The highest BCUT2D eigenvalue weighted by Gasteiger charge is 2.10. The fourth-order valence-electron chi connectivity index (χ4n) is 1.39. The van der Waals surface area contributed by atoms with Gasteiger partial charge in [0.2, 0.25) is 0 Å². The molecule has 0 saturated carbocycles. The second-order valence-corrected chi connectivity index (χ2v) is 4.15. The second-order valence-electron chi connectivity index (χ2n) is 3.29. The van der Waals surface area contributed by atoms with Crippen LogP contribution in [0.1, 0.15) is 25.6 Å². The monoisotopic (exact) mass is 222 g/mol. The van der Waals surface area contributed by atoms with Crippen molar-refractivity contribution >= 4 is 11.3 Å². The normalized spacial score (nSPS) is 12.9. The Hall–Kier alpha value is -1.20. The van der Waals surface area contributed by atoms with Crippen LogP contribution < -0.4 is 5.32 Å². The first-order chi connectivity index (χ1) is 7.31. The third-order valence-electron chi connectivity index (χ3n) is 2.18. The topological polar surface area (TPSA) is 53.6 Å². The molecule has 5 heteroatoms. The molecule has 2 heterocycles. The molecule has 2 aromatic heterocycles. The lowest BCUT2D eigenvalue weighted by Gasteiger charge is -2.07. The number of aromatic nitrogens is 3. The molecule has 0 spiro atoms. The average Bonchev–Trinajstić information content (AvgIpc) is 2.89. The van der Waals surface area contributed by atoms with E-state index in [1.54, 1.807) is 17.5 Å². The predicted octanol–water partition coefficient (Wildman–Crippen LogP) is 2.20. The number of hydrogen-bond acceptors (Lipinski definition) is 4. The molecule has 0 aliphatic carbocycles. The van der Waals surface area contributed by atoms with E-state index in [0.717, 1.165) is 23.1 Å². The minimum atomic E-state index is 0.301. The van der Waals surface area contributed by atoms with Crippen LogP contribution in [0.2, 0.25) is 0 Å². The van der Waals surface area contributed by atoms with Crippen LogP contribution >= 0.6 is 11.3 Å². The van der Waals surface area contributed by atoms with Gasteiger partial charge < -0.3 is 10.3 Å². The van der Waals surface area contributed by atoms with Gasteiger partial charge in [-0.15, -0.1) is 11.3 Å². The summed E-state index contributed by atoms with van der Waals surface area (Å²) in [6.07, 6.45) is 3.55. The number of rotatable bonds is 4. The fraction of sp³-hybridized carbons (Fsp3) is 0.400. The van der Waals surface area contributed by atoms with Crippen molar-refractivity contribution in [2.24, 2.45) is 0 Å². The van der Waals surface area contributed by atoms with Crippen LogP contribution in [0.5, 0.6) is 0 Å². The molecule has 0 fully saturated rings. The number of thiazole rings is 1. The Morgan fingerprint density at radius 1 is 1.60 bits per heavy atom. The SMILES string of the molecule is CCNC(C)c1csc(-c2ncc[nH]2)n1. The third kappa shape index (κ3) is 2.24. The Morgan fingerprint density at radius 2 is 2.47 bits per heavy atom. The highest BCUT2D eigenvalue weighted by Crippen LogP contribution is 2.23. The number of nitrogens with one attached hydrogen (secondary N) is 2. The van der Waals surface area contributed by atoms with Gasteiger partial charge in [0.15, 0.2) is 10.8 Å². The largest absolute Gasteiger partial charge is 0.343 e. The predicted molar refractivity (Wildman–Crippen MR) is 61.8 cm³/mol. The van der Waals surface area contributed by atoms with Gasteiger partial charge in [-0.25, -0.2) is 9.97 Å². The van der Waals surface area contributed by atoms with E-state index in [1.807, 2.05) is 6.20 Å². The highest BCUT2D eigenvalue weighted by molar-refractivity contribution is 7.13. The Kier molecular flexibility index (Phi) is 3.13. The smallest absolute Gasteiger partial charge is 0.166 e. The molecule has 4 nitrogen and oxygen atoms in total. The van der Waals surface area contributed by atoms with Gasteiger partial charge in [-0.05, 0) is 13.5 Å². The molecule has 1 unspecified atom stereocenters. The molecule has 0 aliphatic rings. The van der Waals surface area contributed by atoms with E-state index in [9.17, 15) is 0 Å². The Balaban J connectivity index is 2.17. The van der Waals surface area contributed by atoms with Crippen LogP contribution in [0.25, 0.3) is 10.8 Å². The zero-order chi connectivity index (χ0) is 10.7. The highest BCUT2D eigenvalue weighted by atomic mass is 32.1. The van der Waals surface area contributed by atoms with Gasteiger partial charge in [0, 0.05) is 23.8 Å². The van der Waals surface area contributed by atoms with Crippen LogP contribution in [-0.2, 0) is 0 Å². The zero-order valence-electron chi connectivity index (χ0n) is 8.82. The van der Waals surface area contributed by atoms with Crippen molar-refractivity contribution < 1.29 is 0 Å². The maximum Gasteiger partial charge on any atom is 0.166 e. The summed E-state index contributed by atoms with van der Waals surface area (Å²) in [5.41, 5.74) is 1.08. The van der Waals surface area contributed by atoms with Gasteiger partial charge in [-0.3, -0.25) is 0 Å². The number of imidazole rings is 1. The van der Waals surface area contributed by atoms with Crippen molar-refractivity contribution in [1.29, 1.82) is 0 Å². The Labute approximate surface area is 92.8 Å². The minimum absolute atomic E-state index is 0.301. The van der Waals surface area contributed by atoms with E-state index in [4.69, 9.17) is 0 Å². The summed E-state index contributed by atoms with van der Waals surface area (Å²) < 4.78 is 0. The van der Waals surface area contributed by atoms with E-state index in [2.05, 4.69) is 39.5 Å². The van der Waals surface area contributed by atoms with Crippen LogP contribution in [0, 0.1) is 0 Å².